The number of phenolic OH excluding ortho intramolecular Hbond substituents is 1. The van der Waals surface area contributed by atoms with Crippen LogP contribution in [0.5, 0.6) is 5.75 Å². The van der Waals surface area contributed by atoms with Crippen molar-refractivity contribution >= 4 is 40.7 Å². The molecule has 0 bridgehead atoms. The highest BCUT2D eigenvalue weighted by molar-refractivity contribution is 7.80. The summed E-state index contributed by atoms with van der Waals surface area (Å²) >= 11 is 10.6. The van der Waals surface area contributed by atoms with Gasteiger partial charge < -0.3 is 10.8 Å². The Kier molecular flexibility index (Phi) is 5.52. The highest BCUT2D eigenvalue weighted by Gasteiger charge is 2.01. The molecule has 6 heteroatoms. The number of thiocarbonyl (C=S) groups is 1. The SMILES string of the molecule is NC(=S)N/N=C(\C=C\c1ccc(Cl)cc1)c1ccc(O)cc1. The lowest BCUT2D eigenvalue weighted by atomic mass is 10.1. The molecule has 0 aliphatic carbocycles. The van der Waals surface area contributed by atoms with Gasteiger partial charge in [-0.25, -0.2) is 0 Å². The van der Waals surface area contributed by atoms with Crippen molar-refractivity contribution in [2.24, 2.45) is 10.8 Å². The Hall–Kier alpha value is -2.37. The Labute approximate surface area is 138 Å². The maximum Gasteiger partial charge on any atom is 0.184 e. The van der Waals surface area contributed by atoms with Crippen LogP contribution in [-0.2, 0) is 0 Å². The second-order valence-corrected chi connectivity index (χ2v) is 5.28. The Morgan fingerprint density at radius 3 is 2.36 bits per heavy atom. The summed E-state index contributed by atoms with van der Waals surface area (Å²) in [5, 5.41) is 14.3. The number of hydrogen-bond acceptors (Lipinski definition) is 3. The third-order valence-electron chi connectivity index (χ3n) is 2.75. The standard InChI is InChI=1S/C16H14ClN3OS/c17-13-6-1-11(2-7-13)3-10-15(19-20-16(18)22)12-4-8-14(21)9-5-12/h1-10,21H,(H3,18,20,22)/b10-3+,19-15+. The number of nitrogens with zero attached hydrogens (tertiary/aromatic N) is 1. The first-order valence-electron chi connectivity index (χ1n) is 6.41. The summed E-state index contributed by atoms with van der Waals surface area (Å²) in [7, 11) is 0. The van der Waals surface area contributed by atoms with Crippen molar-refractivity contribution < 1.29 is 5.11 Å². The molecular weight excluding hydrogens is 318 g/mol. The molecule has 0 radical (unpaired) electrons. The van der Waals surface area contributed by atoms with Crippen LogP contribution in [0, 0.1) is 0 Å². The van der Waals surface area contributed by atoms with Crippen LogP contribution < -0.4 is 11.2 Å². The van der Waals surface area contributed by atoms with Gasteiger partial charge in [0.1, 0.15) is 5.75 Å². The van der Waals surface area contributed by atoms with Crippen molar-refractivity contribution in [3.63, 3.8) is 0 Å². The van der Waals surface area contributed by atoms with E-state index in [1.54, 1.807) is 24.3 Å². The van der Waals surface area contributed by atoms with Gasteiger partial charge in [0.15, 0.2) is 5.11 Å². The van der Waals surface area contributed by atoms with Crippen LogP contribution in [0.1, 0.15) is 11.1 Å². The first-order valence-corrected chi connectivity index (χ1v) is 7.19. The average Bonchev–Trinajstić information content (AvgIpc) is 2.50. The molecule has 0 amide bonds. The van der Waals surface area contributed by atoms with Gasteiger partial charge in [0.05, 0.1) is 5.71 Å². The number of phenols is 1. The minimum atomic E-state index is 0.0798. The highest BCUT2D eigenvalue weighted by atomic mass is 35.5. The average molecular weight is 332 g/mol. The topological polar surface area (TPSA) is 70.6 Å². The minimum Gasteiger partial charge on any atom is -0.508 e. The summed E-state index contributed by atoms with van der Waals surface area (Å²) < 4.78 is 0. The molecule has 2 aromatic rings. The van der Waals surface area contributed by atoms with E-state index in [1.807, 2.05) is 36.4 Å². The number of hydrazone groups is 1. The largest absolute Gasteiger partial charge is 0.508 e. The molecule has 0 aliphatic heterocycles. The van der Waals surface area contributed by atoms with E-state index >= 15 is 0 Å². The summed E-state index contributed by atoms with van der Waals surface area (Å²) in [5.74, 6) is 0.187. The zero-order chi connectivity index (χ0) is 15.9. The molecule has 4 nitrogen and oxygen atoms in total. The van der Waals surface area contributed by atoms with Crippen LogP contribution in [0.15, 0.2) is 59.7 Å². The smallest absolute Gasteiger partial charge is 0.184 e. The molecule has 0 atom stereocenters. The van der Waals surface area contributed by atoms with Crippen molar-refractivity contribution in [3.05, 3.63) is 70.8 Å². The Morgan fingerprint density at radius 2 is 1.77 bits per heavy atom. The van der Waals surface area contributed by atoms with E-state index in [9.17, 15) is 5.11 Å². The lowest BCUT2D eigenvalue weighted by Crippen LogP contribution is -2.25. The quantitative estimate of drug-likeness (QED) is 0.457. The summed E-state index contributed by atoms with van der Waals surface area (Å²) in [6, 6.07) is 14.1. The van der Waals surface area contributed by atoms with Gasteiger partial charge in [-0.05, 0) is 60.3 Å². The number of rotatable bonds is 4. The van der Waals surface area contributed by atoms with Gasteiger partial charge in [0, 0.05) is 10.6 Å². The fourth-order valence-electron chi connectivity index (χ4n) is 1.69. The lowest BCUT2D eigenvalue weighted by molar-refractivity contribution is 0.475. The van der Waals surface area contributed by atoms with Gasteiger partial charge in [-0.15, -0.1) is 0 Å². The fraction of sp³-hybridized carbons (Fsp3) is 0. The first kappa shape index (κ1) is 16.0. The fourth-order valence-corrected chi connectivity index (χ4v) is 1.87. The van der Waals surface area contributed by atoms with Gasteiger partial charge >= 0.3 is 0 Å². The summed E-state index contributed by atoms with van der Waals surface area (Å²) in [5.41, 5.74) is 10.4. The van der Waals surface area contributed by atoms with Crippen molar-refractivity contribution in [1.82, 2.24) is 5.43 Å². The van der Waals surface area contributed by atoms with Crippen LogP contribution >= 0.6 is 23.8 Å². The number of hydrogen-bond donors (Lipinski definition) is 3. The molecule has 0 saturated carbocycles. The predicted molar refractivity (Wildman–Crippen MR) is 95.1 cm³/mol. The first-order chi connectivity index (χ1) is 10.5. The monoisotopic (exact) mass is 331 g/mol. The molecule has 0 spiro atoms. The van der Waals surface area contributed by atoms with E-state index < -0.39 is 0 Å². The molecule has 0 unspecified atom stereocenters. The van der Waals surface area contributed by atoms with Crippen molar-refractivity contribution in [2.75, 3.05) is 0 Å². The number of halogens is 1. The van der Waals surface area contributed by atoms with E-state index in [0.717, 1.165) is 11.1 Å². The van der Waals surface area contributed by atoms with Crippen LogP contribution in [0.3, 0.4) is 0 Å². The highest BCUT2D eigenvalue weighted by Crippen LogP contribution is 2.13. The second-order valence-electron chi connectivity index (χ2n) is 4.40. The molecule has 112 valence electrons. The van der Waals surface area contributed by atoms with Gasteiger partial charge in [-0.1, -0.05) is 29.8 Å². The molecule has 2 aromatic carbocycles. The Balaban J connectivity index is 2.28. The third-order valence-corrected chi connectivity index (χ3v) is 3.10. The molecule has 0 aromatic heterocycles. The van der Waals surface area contributed by atoms with E-state index in [2.05, 4.69) is 10.5 Å². The maximum absolute atomic E-state index is 9.36. The molecule has 2 rings (SSSR count). The summed E-state index contributed by atoms with van der Waals surface area (Å²) in [6.07, 6.45) is 3.71. The number of benzene rings is 2. The number of aromatic hydroxyl groups is 1. The summed E-state index contributed by atoms with van der Waals surface area (Å²) in [6.45, 7) is 0. The van der Waals surface area contributed by atoms with Crippen LogP contribution in [0.2, 0.25) is 5.02 Å². The van der Waals surface area contributed by atoms with E-state index in [0.29, 0.717) is 10.7 Å². The summed E-state index contributed by atoms with van der Waals surface area (Å²) in [4.78, 5) is 0. The molecule has 0 heterocycles. The van der Waals surface area contributed by atoms with Crippen molar-refractivity contribution in [3.8, 4) is 5.75 Å². The molecular formula is C16H14ClN3OS. The van der Waals surface area contributed by atoms with E-state index in [-0.39, 0.29) is 10.9 Å². The van der Waals surface area contributed by atoms with Crippen LogP contribution in [0.4, 0.5) is 0 Å². The molecule has 0 aliphatic rings. The van der Waals surface area contributed by atoms with Gasteiger partial charge in [0.25, 0.3) is 0 Å². The number of nitrogens with two attached hydrogens (primary N) is 1. The normalized spacial score (nSPS) is 11.6. The predicted octanol–water partition coefficient (Wildman–Crippen LogP) is 3.30. The lowest BCUT2D eigenvalue weighted by Gasteiger charge is -2.04. The molecule has 0 fully saturated rings. The van der Waals surface area contributed by atoms with Crippen molar-refractivity contribution in [2.45, 2.75) is 0 Å². The van der Waals surface area contributed by atoms with Gasteiger partial charge in [-0.2, -0.15) is 5.10 Å². The van der Waals surface area contributed by atoms with Gasteiger partial charge in [-0.3, -0.25) is 5.43 Å². The number of nitrogens with one attached hydrogen (secondary N) is 1. The Morgan fingerprint density at radius 1 is 1.14 bits per heavy atom. The van der Waals surface area contributed by atoms with Crippen LogP contribution in [-0.4, -0.2) is 15.9 Å². The van der Waals surface area contributed by atoms with Gasteiger partial charge in [0.2, 0.25) is 0 Å². The van der Waals surface area contributed by atoms with E-state index in [1.165, 1.54) is 0 Å². The zero-order valence-corrected chi connectivity index (χ0v) is 13.1. The van der Waals surface area contributed by atoms with Crippen molar-refractivity contribution in [1.29, 1.82) is 0 Å². The van der Waals surface area contributed by atoms with E-state index in [4.69, 9.17) is 29.6 Å². The maximum atomic E-state index is 9.36. The third kappa shape index (κ3) is 4.87. The molecule has 4 N–H and O–H groups in total. The molecule has 22 heavy (non-hydrogen) atoms. The number of allylic oxidation sites excluding steroid dienone is 1. The molecule has 0 saturated heterocycles. The zero-order valence-electron chi connectivity index (χ0n) is 11.5. The Bertz CT molecular complexity index is 709. The second kappa shape index (κ2) is 7.59. The van der Waals surface area contributed by atoms with Crippen LogP contribution in [0.25, 0.3) is 6.08 Å². The minimum absolute atomic E-state index is 0.0798.